The average molecular weight is 361 g/mol. The Hall–Kier alpha value is -3.88. The van der Waals surface area contributed by atoms with Gasteiger partial charge in [0.25, 0.3) is 5.56 Å². The van der Waals surface area contributed by atoms with Gasteiger partial charge in [-0.3, -0.25) is 14.2 Å². The Labute approximate surface area is 153 Å². The molecule has 0 fully saturated rings. The zero-order valence-corrected chi connectivity index (χ0v) is 14.4. The van der Waals surface area contributed by atoms with Crippen LogP contribution in [0.4, 0.5) is 5.69 Å². The second-order valence-electron chi connectivity index (χ2n) is 6.00. The molecular weight excluding hydrogens is 346 g/mol. The van der Waals surface area contributed by atoms with Gasteiger partial charge in [-0.1, -0.05) is 18.2 Å². The van der Waals surface area contributed by atoms with Crippen LogP contribution in [0.3, 0.4) is 0 Å². The minimum absolute atomic E-state index is 0.134. The van der Waals surface area contributed by atoms with Crippen LogP contribution in [0.1, 0.15) is 5.56 Å². The van der Waals surface area contributed by atoms with Crippen LogP contribution in [-0.2, 0) is 11.3 Å². The Morgan fingerprint density at radius 3 is 2.81 bits per heavy atom. The van der Waals surface area contributed by atoms with Gasteiger partial charge in [-0.05, 0) is 47.2 Å². The highest BCUT2D eigenvalue weighted by molar-refractivity contribution is 5.91. The molecule has 4 rings (SSSR count). The average Bonchev–Trinajstić information content (AvgIpc) is 3.20. The predicted molar refractivity (Wildman–Crippen MR) is 98.5 cm³/mol. The molecular formula is C18H15N7O2. The highest BCUT2D eigenvalue weighted by Gasteiger charge is 2.10. The molecule has 0 radical (unpaired) electrons. The first-order valence-electron chi connectivity index (χ1n) is 8.20. The predicted octanol–water partition coefficient (Wildman–Crippen LogP) is 1.32. The number of aryl methyl sites for hydroxylation is 1. The van der Waals surface area contributed by atoms with E-state index in [1.54, 1.807) is 30.3 Å². The largest absolute Gasteiger partial charge is 0.324 e. The summed E-state index contributed by atoms with van der Waals surface area (Å²) < 4.78 is 2.78. The Bertz CT molecular complexity index is 1180. The van der Waals surface area contributed by atoms with Crippen LogP contribution >= 0.6 is 0 Å². The number of hydrogen-bond donors (Lipinski definition) is 1. The fraction of sp³-hybridized carbons (Fsp3) is 0.111. The maximum Gasteiger partial charge on any atom is 0.261 e. The molecule has 0 bridgehead atoms. The molecule has 0 spiro atoms. The fourth-order valence-corrected chi connectivity index (χ4v) is 2.81. The van der Waals surface area contributed by atoms with E-state index in [2.05, 4.69) is 25.8 Å². The van der Waals surface area contributed by atoms with E-state index in [-0.39, 0.29) is 18.0 Å². The van der Waals surface area contributed by atoms with Gasteiger partial charge in [-0.25, -0.2) is 9.67 Å². The number of tetrazole rings is 1. The summed E-state index contributed by atoms with van der Waals surface area (Å²) in [7, 11) is 0. The van der Waals surface area contributed by atoms with Crippen molar-refractivity contribution in [1.29, 1.82) is 0 Å². The van der Waals surface area contributed by atoms with Gasteiger partial charge >= 0.3 is 0 Å². The highest BCUT2D eigenvalue weighted by atomic mass is 16.2. The van der Waals surface area contributed by atoms with Gasteiger partial charge in [-0.15, -0.1) is 5.10 Å². The minimum Gasteiger partial charge on any atom is -0.324 e. The Morgan fingerprint density at radius 1 is 1.15 bits per heavy atom. The molecule has 0 unspecified atom stereocenters. The third-order valence-corrected chi connectivity index (χ3v) is 4.11. The minimum atomic E-state index is -0.334. The molecule has 0 saturated heterocycles. The first-order chi connectivity index (χ1) is 13.1. The van der Waals surface area contributed by atoms with E-state index in [0.717, 1.165) is 5.56 Å². The maximum absolute atomic E-state index is 12.6. The van der Waals surface area contributed by atoms with Gasteiger partial charge in [0, 0.05) is 5.69 Å². The number of para-hydroxylation sites is 1. The van der Waals surface area contributed by atoms with Gasteiger partial charge < -0.3 is 5.32 Å². The Morgan fingerprint density at radius 2 is 2.00 bits per heavy atom. The maximum atomic E-state index is 12.6. The molecule has 134 valence electrons. The molecule has 9 nitrogen and oxygen atoms in total. The molecule has 9 heteroatoms. The number of fused-ring (bicyclic) bond motifs is 1. The summed E-state index contributed by atoms with van der Waals surface area (Å²) in [6, 6.07) is 12.5. The second-order valence-corrected chi connectivity index (χ2v) is 6.00. The number of carbonyl (C=O) groups excluding carboxylic acids is 1. The van der Waals surface area contributed by atoms with E-state index in [9.17, 15) is 9.59 Å². The van der Waals surface area contributed by atoms with Gasteiger partial charge in [-0.2, -0.15) is 0 Å². The highest BCUT2D eigenvalue weighted by Crippen LogP contribution is 2.14. The zero-order valence-electron chi connectivity index (χ0n) is 14.4. The molecule has 0 saturated carbocycles. The van der Waals surface area contributed by atoms with Crippen molar-refractivity contribution in [3.63, 3.8) is 0 Å². The van der Waals surface area contributed by atoms with Crippen molar-refractivity contribution in [2.45, 2.75) is 13.5 Å². The molecule has 2 heterocycles. The normalized spacial score (nSPS) is 10.9. The topological polar surface area (TPSA) is 108 Å². The first kappa shape index (κ1) is 16.6. The van der Waals surface area contributed by atoms with E-state index in [4.69, 9.17) is 0 Å². The van der Waals surface area contributed by atoms with Crippen LogP contribution in [0.2, 0.25) is 0 Å². The molecule has 4 aromatic rings. The lowest BCUT2D eigenvalue weighted by molar-refractivity contribution is -0.116. The van der Waals surface area contributed by atoms with Crippen molar-refractivity contribution in [3.05, 3.63) is 71.0 Å². The van der Waals surface area contributed by atoms with E-state index in [1.165, 1.54) is 21.9 Å². The number of aromatic nitrogens is 6. The lowest BCUT2D eigenvalue weighted by Gasteiger charge is -2.09. The van der Waals surface area contributed by atoms with E-state index >= 15 is 0 Å². The van der Waals surface area contributed by atoms with Crippen molar-refractivity contribution in [2.75, 3.05) is 5.32 Å². The monoisotopic (exact) mass is 361 g/mol. The van der Waals surface area contributed by atoms with Crippen LogP contribution in [0.15, 0.2) is 59.9 Å². The number of nitrogens with one attached hydrogen (secondary N) is 1. The summed E-state index contributed by atoms with van der Waals surface area (Å²) in [6.07, 6.45) is 2.86. The molecule has 0 aliphatic carbocycles. The number of benzene rings is 2. The van der Waals surface area contributed by atoms with Crippen LogP contribution < -0.4 is 10.9 Å². The first-order valence-corrected chi connectivity index (χ1v) is 8.20. The number of carbonyl (C=O) groups is 1. The van der Waals surface area contributed by atoms with Crippen LogP contribution in [0, 0.1) is 6.92 Å². The molecule has 1 N–H and O–H groups in total. The van der Waals surface area contributed by atoms with E-state index in [1.807, 2.05) is 19.1 Å². The van der Waals surface area contributed by atoms with Crippen LogP contribution in [0.5, 0.6) is 0 Å². The summed E-state index contributed by atoms with van der Waals surface area (Å²) in [5.41, 5.74) is 2.60. The molecule has 27 heavy (non-hydrogen) atoms. The van der Waals surface area contributed by atoms with Crippen molar-refractivity contribution in [1.82, 2.24) is 29.8 Å². The summed E-state index contributed by atoms with van der Waals surface area (Å²) in [6.45, 7) is 1.76. The van der Waals surface area contributed by atoms with Crippen molar-refractivity contribution in [3.8, 4) is 5.69 Å². The van der Waals surface area contributed by atoms with Crippen LogP contribution in [-0.4, -0.2) is 35.7 Å². The Balaban J connectivity index is 1.55. The lowest BCUT2D eigenvalue weighted by Crippen LogP contribution is -2.28. The molecule has 1 amide bonds. The van der Waals surface area contributed by atoms with Gasteiger partial charge in [0.05, 0.1) is 22.9 Å². The third kappa shape index (κ3) is 3.30. The molecule has 0 atom stereocenters. The number of amides is 1. The summed E-state index contributed by atoms with van der Waals surface area (Å²) in [5, 5.41) is 14.2. The number of nitrogens with zero attached hydrogens (tertiary/aromatic N) is 6. The quantitative estimate of drug-likeness (QED) is 0.587. The van der Waals surface area contributed by atoms with Crippen molar-refractivity contribution >= 4 is 22.5 Å². The number of rotatable bonds is 4. The number of anilines is 1. The summed E-state index contributed by atoms with van der Waals surface area (Å²) in [4.78, 5) is 29.3. The standard InChI is InChI=1S/C18H15N7O2/c1-12-4-2-7-15-17(12)19-10-24(18(15)27)9-16(26)21-13-5-3-6-14(8-13)25-11-20-22-23-25/h2-8,10-11H,9H2,1H3,(H,21,26). The molecule has 2 aromatic heterocycles. The zero-order chi connectivity index (χ0) is 18.8. The smallest absolute Gasteiger partial charge is 0.261 e. The van der Waals surface area contributed by atoms with Gasteiger partial charge in [0.1, 0.15) is 12.9 Å². The summed E-state index contributed by atoms with van der Waals surface area (Å²) >= 11 is 0. The molecule has 2 aromatic carbocycles. The third-order valence-electron chi connectivity index (χ3n) is 4.11. The second kappa shape index (κ2) is 6.79. The Kier molecular flexibility index (Phi) is 4.17. The summed E-state index contributed by atoms with van der Waals surface area (Å²) in [5.74, 6) is -0.334. The van der Waals surface area contributed by atoms with E-state index in [0.29, 0.717) is 22.3 Å². The lowest BCUT2D eigenvalue weighted by atomic mass is 10.1. The van der Waals surface area contributed by atoms with Crippen molar-refractivity contribution < 1.29 is 4.79 Å². The van der Waals surface area contributed by atoms with E-state index < -0.39 is 0 Å². The number of hydrogen-bond acceptors (Lipinski definition) is 6. The molecule has 0 aliphatic heterocycles. The SMILES string of the molecule is Cc1cccc2c(=O)n(CC(=O)Nc3cccc(-n4cnnn4)c3)cnc12. The van der Waals surface area contributed by atoms with Gasteiger partial charge in [0.2, 0.25) is 5.91 Å². The van der Waals surface area contributed by atoms with Crippen LogP contribution in [0.25, 0.3) is 16.6 Å². The molecule has 0 aliphatic rings. The van der Waals surface area contributed by atoms with Gasteiger partial charge in [0.15, 0.2) is 0 Å². The fourth-order valence-electron chi connectivity index (χ4n) is 2.81. The van der Waals surface area contributed by atoms with Crippen molar-refractivity contribution in [2.24, 2.45) is 0 Å².